The minimum atomic E-state index is -1.27. The quantitative estimate of drug-likeness (QED) is 0.0540. The van der Waals surface area contributed by atoms with Gasteiger partial charge in [0.2, 0.25) is 5.16 Å². The Labute approximate surface area is 223 Å². The maximum atomic E-state index is 13.1. The number of carboxylic acids is 1. The molecule has 38 heavy (non-hydrogen) atoms. The van der Waals surface area contributed by atoms with Crippen LogP contribution in [-0.2, 0) is 25.8 Å². The lowest BCUT2D eigenvalue weighted by molar-refractivity contribution is -0.150. The highest BCUT2D eigenvalue weighted by Gasteiger charge is 2.54. The number of rotatable bonds is 10. The van der Waals surface area contributed by atoms with Gasteiger partial charge in [0, 0.05) is 16.9 Å². The predicted octanol–water partition coefficient (Wildman–Crippen LogP) is -2.61. The maximum Gasteiger partial charge on any atom is 0.352 e. The third kappa shape index (κ3) is 4.95. The summed E-state index contributed by atoms with van der Waals surface area (Å²) in [7, 11) is 0. The van der Waals surface area contributed by atoms with Gasteiger partial charge in [-0.2, -0.15) is 0 Å². The first-order valence-electron chi connectivity index (χ1n) is 10.3. The Morgan fingerprint density at radius 1 is 1.37 bits per heavy atom. The van der Waals surface area contributed by atoms with E-state index in [0.29, 0.717) is 11.3 Å². The number of tetrazole rings is 2. The van der Waals surface area contributed by atoms with E-state index in [1.165, 1.54) is 17.1 Å². The first-order valence-corrected chi connectivity index (χ1v) is 13.3. The van der Waals surface area contributed by atoms with Crippen LogP contribution in [0.1, 0.15) is 11.5 Å². The van der Waals surface area contributed by atoms with Gasteiger partial charge in [-0.25, -0.2) is 14.9 Å². The van der Waals surface area contributed by atoms with Crippen LogP contribution in [0.3, 0.4) is 0 Å². The van der Waals surface area contributed by atoms with E-state index in [1.807, 2.05) is 0 Å². The molecule has 198 valence electrons. The van der Waals surface area contributed by atoms with E-state index in [9.17, 15) is 19.5 Å². The third-order valence-corrected chi connectivity index (χ3v) is 8.13. The van der Waals surface area contributed by atoms with Crippen molar-refractivity contribution >= 4 is 63.5 Å². The Bertz CT molecular complexity index is 1430. The lowest BCUT2D eigenvalue weighted by Gasteiger charge is -2.49. The minimum absolute atomic E-state index is 0.133. The van der Waals surface area contributed by atoms with E-state index in [1.54, 1.807) is 0 Å². The van der Waals surface area contributed by atoms with Gasteiger partial charge in [-0.05, 0) is 26.4 Å². The molecule has 2 aliphatic heterocycles. The molecule has 5 rings (SSSR count). The Kier molecular flexibility index (Phi) is 7.06. The topological polar surface area (TPSA) is 271 Å². The number of β-lactam (4-membered cyclic amide) rings is 1. The van der Waals surface area contributed by atoms with Crippen molar-refractivity contribution in [3.8, 4) is 0 Å². The van der Waals surface area contributed by atoms with Gasteiger partial charge in [-0.15, -0.1) is 33.0 Å². The Balaban J connectivity index is 1.30. The van der Waals surface area contributed by atoms with E-state index < -0.39 is 29.2 Å². The molecule has 1 fully saturated rings. The van der Waals surface area contributed by atoms with Crippen LogP contribution >= 0.6 is 34.9 Å². The van der Waals surface area contributed by atoms with Crippen molar-refractivity contribution in [1.82, 2.24) is 56.1 Å². The molecule has 19 nitrogen and oxygen atoms in total. The lowest BCUT2D eigenvalue weighted by Crippen LogP contribution is -2.71. The van der Waals surface area contributed by atoms with Gasteiger partial charge >= 0.3 is 5.97 Å². The third-order valence-electron chi connectivity index (χ3n) is 5.10. The molecule has 2 amide bonds. The number of thiazole rings is 1. The number of aromatic nitrogens is 9. The molecule has 3 aromatic heterocycles. The van der Waals surface area contributed by atoms with Crippen molar-refractivity contribution < 1.29 is 24.3 Å². The number of oxime groups is 1. The fraction of sp³-hybridized carbons (Fsp3) is 0.312. The van der Waals surface area contributed by atoms with E-state index >= 15 is 0 Å². The number of hydrogen-bond donors (Lipinski definition) is 5. The minimum Gasteiger partial charge on any atom is -0.477 e. The van der Waals surface area contributed by atoms with Crippen LogP contribution in [0.2, 0.25) is 0 Å². The molecule has 0 bridgehead atoms. The lowest BCUT2D eigenvalue weighted by atomic mass is 10.0. The summed E-state index contributed by atoms with van der Waals surface area (Å²) in [5, 5.41) is 41.3. The smallest absolute Gasteiger partial charge is 0.352 e. The zero-order valence-electron chi connectivity index (χ0n) is 18.8. The van der Waals surface area contributed by atoms with Crippen molar-refractivity contribution in [1.29, 1.82) is 0 Å². The van der Waals surface area contributed by atoms with Crippen molar-refractivity contribution in [2.24, 2.45) is 5.16 Å². The van der Waals surface area contributed by atoms with Crippen molar-refractivity contribution in [3.63, 3.8) is 0 Å². The summed E-state index contributed by atoms with van der Waals surface area (Å²) >= 11 is 3.52. The molecule has 5 heterocycles. The van der Waals surface area contributed by atoms with Crippen LogP contribution in [0.15, 0.2) is 27.0 Å². The summed E-state index contributed by atoms with van der Waals surface area (Å²) in [6, 6.07) is -1.01. The molecule has 22 heteroatoms. The molecule has 2 atom stereocenters. The van der Waals surface area contributed by atoms with E-state index in [-0.39, 0.29) is 45.6 Å². The first kappa shape index (κ1) is 25.3. The molecule has 0 aliphatic carbocycles. The van der Waals surface area contributed by atoms with Crippen LogP contribution < -0.4 is 16.9 Å². The summed E-state index contributed by atoms with van der Waals surface area (Å²) in [6.07, 6.45) is 0. The number of aliphatic carboxylic acids is 1. The number of amides is 2. The van der Waals surface area contributed by atoms with E-state index in [0.717, 1.165) is 32.8 Å². The Hall–Kier alpha value is -4.31. The van der Waals surface area contributed by atoms with Gasteiger partial charge < -0.3 is 26.8 Å². The molecular weight excluding hydrogens is 564 g/mol. The molecule has 0 spiro atoms. The monoisotopic (exact) mass is 580 g/mol. The van der Waals surface area contributed by atoms with Crippen molar-refractivity contribution in [2.45, 2.75) is 23.2 Å². The molecule has 0 aromatic carbocycles. The largest absolute Gasteiger partial charge is 0.477 e. The fourth-order valence-corrected chi connectivity index (χ4v) is 6.26. The molecule has 7 N–H and O–H groups in total. The summed E-state index contributed by atoms with van der Waals surface area (Å²) in [6.45, 7) is -0.165. The van der Waals surface area contributed by atoms with Crippen molar-refractivity contribution in [3.05, 3.63) is 28.2 Å². The maximum absolute atomic E-state index is 13.1. The Morgan fingerprint density at radius 2 is 2.21 bits per heavy atom. The van der Waals surface area contributed by atoms with Crippen molar-refractivity contribution in [2.75, 3.05) is 23.1 Å². The van der Waals surface area contributed by atoms with Gasteiger partial charge in [0.05, 0.1) is 0 Å². The number of hydrogen-bond acceptors (Lipinski definition) is 17. The summed E-state index contributed by atoms with van der Waals surface area (Å²) < 4.78 is 0. The average Bonchev–Trinajstić information content (AvgIpc) is 3.66. The second-order valence-corrected chi connectivity index (χ2v) is 10.4. The fourth-order valence-electron chi connectivity index (χ4n) is 3.43. The van der Waals surface area contributed by atoms with Gasteiger partial charge in [-0.1, -0.05) is 22.0 Å². The number of fused-ring (bicyclic) bond motifs is 1. The van der Waals surface area contributed by atoms with Crippen LogP contribution in [0.25, 0.3) is 0 Å². The molecular formula is C16H16N14O5S3. The molecule has 3 aromatic rings. The predicted molar refractivity (Wildman–Crippen MR) is 130 cm³/mol. The summed E-state index contributed by atoms with van der Waals surface area (Å²) in [5.41, 5.74) is 5.92. The zero-order valence-corrected chi connectivity index (χ0v) is 21.2. The number of aromatic amines is 1. The van der Waals surface area contributed by atoms with E-state index in [4.69, 9.17) is 16.4 Å². The standard InChI is InChI=1S/C16H16N14O5S3/c17-15-19-6(4-37-15)8(24-35-1-7-21-25-26-22-7)11(31)20-9-12(32)29-10(14(33)34)5(2-36-13(9)29)3-38-16-23-27-28-30(16)18/h4,9,13H,1-3,18H2,(H2,17,19)(H,20,31)(H,33,34)(H,21,22,25,26)/b24-8-/t9-,13+/m1/s1. The van der Waals surface area contributed by atoms with Crippen LogP contribution in [-0.4, -0.2) is 102 Å². The van der Waals surface area contributed by atoms with Crippen LogP contribution in [0.5, 0.6) is 0 Å². The summed E-state index contributed by atoms with van der Waals surface area (Å²) in [5.74, 6) is 3.72. The highest BCUT2D eigenvalue weighted by molar-refractivity contribution is 8.01. The number of nitrogen functional groups attached to an aromatic ring is 2. The highest BCUT2D eigenvalue weighted by atomic mass is 32.2. The number of carbonyl (C=O) groups excluding carboxylic acids is 2. The van der Waals surface area contributed by atoms with Crippen LogP contribution in [0.4, 0.5) is 5.13 Å². The molecule has 0 unspecified atom stereocenters. The van der Waals surface area contributed by atoms with Gasteiger partial charge in [0.25, 0.3) is 11.8 Å². The number of carbonyl (C=O) groups is 3. The molecule has 0 saturated carbocycles. The van der Waals surface area contributed by atoms with E-state index in [2.05, 4.69) is 51.6 Å². The summed E-state index contributed by atoms with van der Waals surface area (Å²) in [4.78, 5) is 49.6. The zero-order chi connectivity index (χ0) is 26.8. The second-order valence-electron chi connectivity index (χ2n) is 7.45. The van der Waals surface area contributed by atoms with Gasteiger partial charge in [0.1, 0.15) is 22.8 Å². The van der Waals surface area contributed by atoms with Gasteiger partial charge in [-0.3, -0.25) is 14.5 Å². The van der Waals surface area contributed by atoms with Gasteiger partial charge in [0.15, 0.2) is 23.3 Å². The second kappa shape index (κ2) is 10.6. The molecule has 2 aliphatic rings. The normalized spacial score (nSPS) is 19.2. The number of H-pyrrole nitrogens is 1. The number of nitrogens with zero attached hydrogens (tertiary/aromatic N) is 10. The molecule has 1 saturated heterocycles. The number of nitrogens with one attached hydrogen (secondary N) is 2. The average molecular weight is 581 g/mol. The number of carboxylic acid groups (broad SMARTS) is 1. The first-order chi connectivity index (χ1) is 18.3. The number of nitrogens with two attached hydrogens (primary N) is 2. The SMILES string of the molecule is Nc1nc(/C(=N/OCc2nnn[nH]2)C(=O)N[C@@H]2C(=O)N3C(C(=O)O)=C(CSc4nnnn4N)CS[C@@H]23)cs1. The Morgan fingerprint density at radius 3 is 2.87 bits per heavy atom. The number of thioether (sulfide) groups is 2. The number of anilines is 1. The van der Waals surface area contributed by atoms with Crippen LogP contribution in [0, 0.1) is 0 Å². The highest BCUT2D eigenvalue weighted by Crippen LogP contribution is 2.41. The molecule has 0 radical (unpaired) electrons.